The zero-order valence-electron chi connectivity index (χ0n) is 13.0. The van der Waals surface area contributed by atoms with Gasteiger partial charge in [-0.1, -0.05) is 42.5 Å². The molecule has 0 aliphatic carbocycles. The molecule has 2 aromatic heterocycles. The molecule has 0 unspecified atom stereocenters. The summed E-state index contributed by atoms with van der Waals surface area (Å²) in [5, 5.41) is 3.35. The van der Waals surface area contributed by atoms with Crippen molar-refractivity contribution >= 4 is 12.2 Å². The first-order valence-electron chi connectivity index (χ1n) is 7.35. The van der Waals surface area contributed by atoms with Crippen LogP contribution < -0.4 is 0 Å². The van der Waals surface area contributed by atoms with E-state index in [0.29, 0.717) is 5.56 Å². The Hall–Kier alpha value is -3.10. The number of rotatable bonds is 4. The third kappa shape index (κ3) is 3.46. The highest BCUT2D eigenvalue weighted by Gasteiger charge is 2.62. The Morgan fingerprint density at radius 2 is 1.54 bits per heavy atom. The van der Waals surface area contributed by atoms with E-state index in [4.69, 9.17) is 0 Å². The molecule has 0 saturated heterocycles. The zero-order chi connectivity index (χ0) is 18.8. The van der Waals surface area contributed by atoms with E-state index in [1.54, 1.807) is 42.5 Å². The van der Waals surface area contributed by atoms with Gasteiger partial charge in [0.15, 0.2) is 11.6 Å². The minimum Gasteiger partial charge on any atom is -0.237 e. The summed E-state index contributed by atoms with van der Waals surface area (Å²) in [6.07, 6.45) is -1.61. The summed E-state index contributed by atoms with van der Waals surface area (Å²) in [5.74, 6) is -6.95. The average molecular weight is 366 g/mol. The van der Waals surface area contributed by atoms with Crippen molar-refractivity contribution in [2.24, 2.45) is 0 Å². The molecule has 1 aromatic carbocycles. The van der Waals surface area contributed by atoms with Gasteiger partial charge in [-0.15, -0.1) is 5.10 Å². The van der Waals surface area contributed by atoms with E-state index < -0.39 is 17.9 Å². The number of alkyl halides is 5. The number of halogens is 5. The van der Waals surface area contributed by atoms with Crippen LogP contribution in [0.4, 0.5) is 22.0 Å². The van der Waals surface area contributed by atoms with Crippen molar-refractivity contribution in [3.63, 3.8) is 0 Å². The first-order chi connectivity index (χ1) is 12.3. The smallest absolute Gasteiger partial charge is 0.237 e. The number of benzene rings is 1. The van der Waals surface area contributed by atoms with Gasteiger partial charge in [0.1, 0.15) is 0 Å². The maximum atomic E-state index is 13.6. The van der Waals surface area contributed by atoms with Crippen LogP contribution in [0.25, 0.3) is 18.0 Å². The molecule has 0 atom stereocenters. The molecule has 3 rings (SSSR count). The fourth-order valence-corrected chi connectivity index (χ4v) is 2.07. The standard InChI is InChI=1S/C17H11F5N4/c18-16(19,17(20,21)22)15-24-14(10-9-12-6-2-1-3-7-12)26(25-15)13-8-4-5-11-23-13/h1-11H. The van der Waals surface area contributed by atoms with Crippen LogP contribution >= 0.6 is 0 Å². The minimum atomic E-state index is -5.80. The number of pyridine rings is 1. The first-order valence-corrected chi connectivity index (χ1v) is 7.35. The van der Waals surface area contributed by atoms with E-state index in [1.165, 1.54) is 24.4 Å². The maximum absolute atomic E-state index is 13.6. The third-order valence-electron chi connectivity index (χ3n) is 3.36. The Labute approximate surface area is 144 Å². The Balaban J connectivity index is 2.09. The molecule has 26 heavy (non-hydrogen) atoms. The van der Waals surface area contributed by atoms with Crippen molar-refractivity contribution in [2.45, 2.75) is 12.1 Å². The first kappa shape index (κ1) is 17.7. The lowest BCUT2D eigenvalue weighted by Gasteiger charge is -2.15. The number of aromatic nitrogens is 4. The minimum absolute atomic E-state index is 0.0666. The summed E-state index contributed by atoms with van der Waals surface area (Å²) < 4.78 is 66.0. The van der Waals surface area contributed by atoms with Crippen molar-refractivity contribution < 1.29 is 22.0 Å². The molecule has 134 valence electrons. The molecule has 0 aliphatic heterocycles. The van der Waals surface area contributed by atoms with Gasteiger partial charge < -0.3 is 0 Å². The maximum Gasteiger partial charge on any atom is 0.461 e. The highest BCUT2D eigenvalue weighted by atomic mass is 19.4. The number of hydrogen-bond acceptors (Lipinski definition) is 3. The van der Waals surface area contributed by atoms with Crippen molar-refractivity contribution in [1.82, 2.24) is 19.7 Å². The molecular formula is C17H11F5N4. The van der Waals surface area contributed by atoms with Crippen LogP contribution in [0.3, 0.4) is 0 Å². The van der Waals surface area contributed by atoms with E-state index >= 15 is 0 Å². The lowest BCUT2D eigenvalue weighted by Crippen LogP contribution is -2.35. The van der Waals surface area contributed by atoms with E-state index in [0.717, 1.165) is 4.68 Å². The number of hydrogen-bond donors (Lipinski definition) is 0. The van der Waals surface area contributed by atoms with Crippen molar-refractivity contribution in [3.8, 4) is 5.82 Å². The molecule has 0 fully saturated rings. The van der Waals surface area contributed by atoms with Crippen LogP contribution in [-0.2, 0) is 5.92 Å². The largest absolute Gasteiger partial charge is 0.461 e. The van der Waals surface area contributed by atoms with Gasteiger partial charge in [-0.05, 0) is 23.8 Å². The van der Waals surface area contributed by atoms with Crippen LogP contribution in [0.5, 0.6) is 0 Å². The van der Waals surface area contributed by atoms with E-state index in [2.05, 4.69) is 15.1 Å². The Bertz CT molecular complexity index is 902. The van der Waals surface area contributed by atoms with Crippen LogP contribution in [0.1, 0.15) is 17.2 Å². The Kier molecular flexibility index (Phi) is 4.54. The lowest BCUT2D eigenvalue weighted by atomic mass is 10.2. The predicted octanol–water partition coefficient (Wildman–Crippen LogP) is 4.49. The molecule has 0 spiro atoms. The molecular weight excluding hydrogens is 355 g/mol. The van der Waals surface area contributed by atoms with Crippen LogP contribution in [0.2, 0.25) is 0 Å². The highest BCUT2D eigenvalue weighted by molar-refractivity contribution is 5.67. The zero-order valence-corrected chi connectivity index (χ0v) is 13.0. The van der Waals surface area contributed by atoms with Gasteiger partial charge in [0.2, 0.25) is 5.82 Å². The van der Waals surface area contributed by atoms with Crippen LogP contribution in [0, 0.1) is 0 Å². The average Bonchev–Trinajstić information content (AvgIpc) is 3.05. The molecule has 0 aliphatic rings. The summed E-state index contributed by atoms with van der Waals surface area (Å²) in [6.45, 7) is 0. The monoisotopic (exact) mass is 366 g/mol. The lowest BCUT2D eigenvalue weighted by molar-refractivity contribution is -0.292. The second kappa shape index (κ2) is 6.66. The van der Waals surface area contributed by atoms with Gasteiger partial charge in [0, 0.05) is 6.20 Å². The quantitative estimate of drug-likeness (QED) is 0.639. The molecule has 0 N–H and O–H groups in total. The van der Waals surface area contributed by atoms with Gasteiger partial charge in [-0.3, -0.25) is 0 Å². The fourth-order valence-electron chi connectivity index (χ4n) is 2.07. The van der Waals surface area contributed by atoms with Crippen LogP contribution in [0.15, 0.2) is 54.7 Å². The molecule has 0 amide bonds. The number of nitrogens with zero attached hydrogens (tertiary/aromatic N) is 4. The highest BCUT2D eigenvalue weighted by Crippen LogP contribution is 2.42. The summed E-state index contributed by atoms with van der Waals surface area (Å²) >= 11 is 0. The second-order valence-corrected chi connectivity index (χ2v) is 5.21. The van der Waals surface area contributed by atoms with E-state index in [9.17, 15) is 22.0 Å². The molecule has 9 heteroatoms. The Morgan fingerprint density at radius 1 is 0.846 bits per heavy atom. The summed E-state index contributed by atoms with van der Waals surface area (Å²) in [4.78, 5) is 7.32. The van der Waals surface area contributed by atoms with Gasteiger partial charge in [0.05, 0.1) is 0 Å². The summed E-state index contributed by atoms with van der Waals surface area (Å²) in [7, 11) is 0. The van der Waals surface area contributed by atoms with Crippen molar-refractivity contribution in [3.05, 3.63) is 71.9 Å². The predicted molar refractivity (Wildman–Crippen MR) is 84.5 cm³/mol. The van der Waals surface area contributed by atoms with E-state index in [-0.39, 0.29) is 11.6 Å². The van der Waals surface area contributed by atoms with E-state index in [1.807, 2.05) is 0 Å². The Morgan fingerprint density at radius 3 is 2.15 bits per heavy atom. The molecule has 4 nitrogen and oxygen atoms in total. The summed E-state index contributed by atoms with van der Waals surface area (Å²) in [6, 6.07) is 13.3. The van der Waals surface area contributed by atoms with Gasteiger partial charge in [-0.2, -0.15) is 26.6 Å². The van der Waals surface area contributed by atoms with Crippen LogP contribution in [-0.4, -0.2) is 25.9 Å². The molecule has 0 radical (unpaired) electrons. The van der Waals surface area contributed by atoms with Gasteiger partial charge >= 0.3 is 12.1 Å². The second-order valence-electron chi connectivity index (χ2n) is 5.21. The molecule has 2 heterocycles. The van der Waals surface area contributed by atoms with Gasteiger partial charge in [0.25, 0.3) is 0 Å². The topological polar surface area (TPSA) is 43.6 Å². The SMILES string of the molecule is FC(F)(F)C(F)(F)c1nc(C=Cc2ccccc2)n(-c2ccccn2)n1. The van der Waals surface area contributed by atoms with Gasteiger partial charge in [-0.25, -0.2) is 9.97 Å². The third-order valence-corrected chi connectivity index (χ3v) is 3.36. The molecule has 0 saturated carbocycles. The normalized spacial score (nSPS) is 12.7. The van der Waals surface area contributed by atoms with Crippen molar-refractivity contribution in [2.75, 3.05) is 0 Å². The summed E-state index contributed by atoms with van der Waals surface area (Å²) in [5.41, 5.74) is 0.715. The molecule has 3 aromatic rings. The fraction of sp³-hybridized carbons (Fsp3) is 0.118. The van der Waals surface area contributed by atoms with Crippen molar-refractivity contribution in [1.29, 1.82) is 0 Å². The molecule has 0 bridgehead atoms.